The van der Waals surface area contributed by atoms with Gasteiger partial charge in [-0.1, -0.05) is 13.3 Å². The van der Waals surface area contributed by atoms with Gasteiger partial charge >= 0.3 is 0 Å². The largest absolute Gasteiger partial charge is 1.00 e. The van der Waals surface area contributed by atoms with Crippen molar-refractivity contribution in [3.05, 3.63) is 18.7 Å². The van der Waals surface area contributed by atoms with Crippen LogP contribution in [0.3, 0.4) is 0 Å². The summed E-state index contributed by atoms with van der Waals surface area (Å²) in [7, 11) is 2.04. The third-order valence-electron chi connectivity index (χ3n) is 1.59. The van der Waals surface area contributed by atoms with Gasteiger partial charge in [0.2, 0.25) is 6.33 Å². The predicted molar refractivity (Wildman–Crippen MR) is 71.3 cm³/mol. The molecule has 5 heteroatoms. The van der Waals surface area contributed by atoms with Crippen LogP contribution in [0.2, 0.25) is 0 Å². The van der Waals surface area contributed by atoms with Crippen molar-refractivity contribution in [1.29, 1.82) is 0 Å². The van der Waals surface area contributed by atoms with Crippen LogP contribution >= 0.6 is 48.0 Å². The van der Waals surface area contributed by atoms with Gasteiger partial charge in [0, 0.05) is 0 Å². The first-order valence-corrected chi connectivity index (χ1v) is 3.84. The summed E-state index contributed by atoms with van der Waals surface area (Å²) in [5, 5.41) is 0. The van der Waals surface area contributed by atoms with Crippen LogP contribution in [0.1, 0.15) is 19.8 Å². The maximum absolute atomic E-state index is 2.21. The van der Waals surface area contributed by atoms with Crippen LogP contribution in [0, 0.1) is 0 Å². The molecule has 0 aliphatic carbocycles. The van der Waals surface area contributed by atoms with E-state index in [-0.39, 0.29) is 71.9 Å². The highest BCUT2D eigenvalue weighted by atomic mass is 127. The summed E-state index contributed by atoms with van der Waals surface area (Å²) in [6, 6.07) is 0. The van der Waals surface area contributed by atoms with Crippen LogP contribution in [0.4, 0.5) is 0 Å². The van der Waals surface area contributed by atoms with Crippen molar-refractivity contribution in [3.8, 4) is 0 Å². The smallest absolute Gasteiger partial charge is 0.243 e. The minimum Gasteiger partial charge on any atom is -1.00 e. The van der Waals surface area contributed by atoms with E-state index in [0.717, 1.165) is 6.54 Å². The van der Waals surface area contributed by atoms with Gasteiger partial charge in [-0.05, 0) is 6.42 Å². The van der Waals surface area contributed by atoms with E-state index in [0.29, 0.717) is 0 Å². The van der Waals surface area contributed by atoms with Crippen molar-refractivity contribution >= 4 is 48.0 Å². The first kappa shape index (κ1) is 19.9. The van der Waals surface area contributed by atoms with Crippen LogP contribution in [-0.4, -0.2) is 4.57 Å². The highest BCUT2D eigenvalue weighted by molar-refractivity contribution is 14.0. The quantitative estimate of drug-likeness (QED) is 0.369. The van der Waals surface area contributed by atoms with Crippen LogP contribution in [0.5, 0.6) is 0 Å². The number of halogens is 3. The summed E-state index contributed by atoms with van der Waals surface area (Å²) in [4.78, 5) is 0. The first-order chi connectivity index (χ1) is 4.83. The van der Waals surface area contributed by atoms with E-state index in [1.165, 1.54) is 12.8 Å². The Morgan fingerprint density at radius 1 is 1.31 bits per heavy atom. The first-order valence-electron chi connectivity index (χ1n) is 3.84. The zero-order valence-electron chi connectivity index (χ0n) is 7.94. The minimum absolute atomic E-state index is 0. The molecule has 0 aliphatic heterocycles. The fourth-order valence-corrected chi connectivity index (χ4v) is 0.975. The monoisotopic (exact) mass is 522 g/mol. The molecule has 13 heavy (non-hydrogen) atoms. The number of unbranched alkanes of at least 4 members (excludes halogenated alkanes) is 1. The van der Waals surface area contributed by atoms with Crippen LogP contribution in [-0.2, 0) is 13.6 Å². The molecule has 0 amide bonds. The lowest BCUT2D eigenvalue weighted by molar-refractivity contribution is -0.671. The molecule has 0 unspecified atom stereocenters. The standard InChI is InChI=1S/C8H15N2.3HI/c1-3-4-5-10-7-6-9(2)8-10;;;/h6-8H,3-5H2,1-2H3;3*1H/q+1;;;/p-1. The minimum atomic E-state index is 0. The van der Waals surface area contributed by atoms with Crippen LogP contribution in [0.15, 0.2) is 18.7 Å². The molecule has 0 aliphatic rings. The molecule has 0 atom stereocenters. The molecule has 1 rings (SSSR count). The van der Waals surface area contributed by atoms with E-state index in [1.807, 2.05) is 7.05 Å². The molecule has 0 saturated carbocycles. The average molecular weight is 522 g/mol. The van der Waals surface area contributed by atoms with Gasteiger partial charge in [0.25, 0.3) is 0 Å². The number of aryl methyl sites for hydroxylation is 2. The summed E-state index contributed by atoms with van der Waals surface area (Å²) in [5.74, 6) is 0. The lowest BCUT2D eigenvalue weighted by atomic mass is 10.3. The van der Waals surface area contributed by atoms with Crippen molar-refractivity contribution < 1.29 is 28.5 Å². The fraction of sp³-hybridized carbons (Fsp3) is 0.625. The van der Waals surface area contributed by atoms with Crippen LogP contribution in [0.25, 0.3) is 0 Å². The van der Waals surface area contributed by atoms with Gasteiger partial charge < -0.3 is 24.0 Å². The second-order valence-corrected chi connectivity index (χ2v) is 2.67. The fourth-order valence-electron chi connectivity index (χ4n) is 0.975. The second kappa shape index (κ2) is 11.5. The van der Waals surface area contributed by atoms with E-state index < -0.39 is 0 Å². The Balaban J connectivity index is -0.000000333. The van der Waals surface area contributed by atoms with Crippen molar-refractivity contribution in [3.63, 3.8) is 0 Å². The molecular weight excluding hydrogens is 505 g/mol. The second-order valence-electron chi connectivity index (χ2n) is 2.67. The van der Waals surface area contributed by atoms with Crippen LogP contribution < -0.4 is 28.5 Å². The SMILES string of the molecule is CCCCn1cc[n+](C)c1.I.I.[I-]. The maximum Gasteiger partial charge on any atom is 0.243 e. The Kier molecular flexibility index (Phi) is 17.6. The Hall–Kier alpha value is 1.40. The van der Waals surface area contributed by atoms with Gasteiger partial charge in [0.15, 0.2) is 0 Å². The Labute approximate surface area is 132 Å². The number of imidazole rings is 1. The van der Waals surface area contributed by atoms with Crippen molar-refractivity contribution in [1.82, 2.24) is 4.57 Å². The Bertz CT molecular complexity index is 201. The molecule has 0 N–H and O–H groups in total. The molecular formula is C8H17I3N2. The Morgan fingerprint density at radius 2 is 1.92 bits per heavy atom. The molecule has 1 aromatic heterocycles. The number of hydrogen-bond donors (Lipinski definition) is 0. The lowest BCUT2D eigenvalue weighted by Crippen LogP contribution is -3.00. The molecule has 0 radical (unpaired) electrons. The number of hydrogen-bond acceptors (Lipinski definition) is 0. The molecule has 1 heterocycles. The molecule has 0 bridgehead atoms. The lowest BCUT2D eigenvalue weighted by Gasteiger charge is -1.90. The summed E-state index contributed by atoms with van der Waals surface area (Å²) in [5.41, 5.74) is 0. The summed E-state index contributed by atoms with van der Waals surface area (Å²) in [6.07, 6.45) is 8.82. The molecule has 2 nitrogen and oxygen atoms in total. The van der Waals surface area contributed by atoms with Gasteiger partial charge in [-0.15, -0.1) is 48.0 Å². The zero-order valence-corrected chi connectivity index (χ0v) is 14.8. The van der Waals surface area contributed by atoms with Gasteiger partial charge in [0.05, 0.1) is 13.6 Å². The predicted octanol–water partition coefficient (Wildman–Crippen LogP) is -0.647. The maximum atomic E-state index is 2.21. The van der Waals surface area contributed by atoms with Gasteiger partial charge in [-0.3, -0.25) is 0 Å². The molecule has 0 saturated heterocycles. The number of rotatable bonds is 3. The highest BCUT2D eigenvalue weighted by Gasteiger charge is 1.96. The van der Waals surface area contributed by atoms with Gasteiger partial charge in [-0.25, -0.2) is 9.13 Å². The van der Waals surface area contributed by atoms with E-state index in [9.17, 15) is 0 Å². The van der Waals surface area contributed by atoms with Crippen molar-refractivity contribution in [2.45, 2.75) is 26.3 Å². The van der Waals surface area contributed by atoms with E-state index in [1.54, 1.807) is 0 Å². The number of aromatic nitrogens is 2. The van der Waals surface area contributed by atoms with Crippen molar-refractivity contribution in [2.24, 2.45) is 7.05 Å². The van der Waals surface area contributed by atoms with E-state index in [4.69, 9.17) is 0 Å². The van der Waals surface area contributed by atoms with E-state index in [2.05, 4.69) is 34.8 Å². The van der Waals surface area contributed by atoms with Crippen molar-refractivity contribution in [2.75, 3.05) is 0 Å². The molecule has 1 aromatic rings. The van der Waals surface area contributed by atoms with Gasteiger partial charge in [-0.2, -0.15) is 0 Å². The molecule has 0 spiro atoms. The molecule has 80 valence electrons. The zero-order chi connectivity index (χ0) is 7.40. The summed E-state index contributed by atoms with van der Waals surface area (Å²) >= 11 is 0. The molecule has 0 aromatic carbocycles. The average Bonchev–Trinajstić information content (AvgIpc) is 2.31. The third-order valence-corrected chi connectivity index (χ3v) is 1.59. The normalized spacial score (nSPS) is 7.85. The summed E-state index contributed by atoms with van der Waals surface area (Å²) < 4.78 is 4.28. The third kappa shape index (κ3) is 8.40. The molecule has 0 fully saturated rings. The number of nitrogens with zero attached hydrogens (tertiary/aromatic N) is 2. The van der Waals surface area contributed by atoms with Gasteiger partial charge in [0.1, 0.15) is 12.4 Å². The van der Waals surface area contributed by atoms with E-state index >= 15 is 0 Å². The topological polar surface area (TPSA) is 8.81 Å². The Morgan fingerprint density at radius 3 is 2.31 bits per heavy atom. The highest BCUT2D eigenvalue weighted by Crippen LogP contribution is 1.91. The summed E-state index contributed by atoms with van der Waals surface area (Å²) in [6.45, 7) is 3.36.